The summed E-state index contributed by atoms with van der Waals surface area (Å²) < 4.78 is 0. The van der Waals surface area contributed by atoms with E-state index in [0.29, 0.717) is 12.0 Å². The highest BCUT2D eigenvalue weighted by Gasteiger charge is 2.38. The fraction of sp³-hybridized carbons (Fsp3) is 0.435. The van der Waals surface area contributed by atoms with Crippen LogP contribution >= 0.6 is 0 Å². The molecule has 3 heterocycles. The Kier molecular flexibility index (Phi) is 4.46. The van der Waals surface area contributed by atoms with E-state index >= 15 is 0 Å². The van der Waals surface area contributed by atoms with Gasteiger partial charge >= 0.3 is 0 Å². The van der Waals surface area contributed by atoms with E-state index in [2.05, 4.69) is 46.6 Å². The summed E-state index contributed by atoms with van der Waals surface area (Å²) in [5.41, 5.74) is 5.04. The van der Waals surface area contributed by atoms with Crippen molar-refractivity contribution in [2.24, 2.45) is 5.92 Å². The van der Waals surface area contributed by atoms with Gasteiger partial charge < -0.3 is 10.2 Å². The first-order chi connectivity index (χ1) is 13.3. The van der Waals surface area contributed by atoms with Gasteiger partial charge in [-0.2, -0.15) is 0 Å². The van der Waals surface area contributed by atoms with Gasteiger partial charge in [0.25, 0.3) is 5.91 Å². The average Bonchev–Trinajstić information content (AvgIpc) is 3.30. The molecule has 0 spiro atoms. The lowest BCUT2D eigenvalue weighted by Gasteiger charge is -2.28. The Morgan fingerprint density at radius 2 is 1.85 bits per heavy atom. The van der Waals surface area contributed by atoms with Gasteiger partial charge in [-0.15, -0.1) is 0 Å². The van der Waals surface area contributed by atoms with Crippen molar-refractivity contribution in [3.05, 3.63) is 70.8 Å². The smallest absolute Gasteiger partial charge is 0.253 e. The molecule has 4 heteroatoms. The molecule has 0 unspecified atom stereocenters. The van der Waals surface area contributed by atoms with Crippen molar-refractivity contribution in [2.45, 2.75) is 32.0 Å². The van der Waals surface area contributed by atoms with Crippen LogP contribution in [0.4, 0.5) is 0 Å². The number of nitrogens with zero attached hydrogens (tertiary/aromatic N) is 2. The van der Waals surface area contributed by atoms with Crippen molar-refractivity contribution in [1.29, 1.82) is 0 Å². The van der Waals surface area contributed by atoms with E-state index in [1.54, 1.807) is 0 Å². The van der Waals surface area contributed by atoms with Gasteiger partial charge in [-0.1, -0.05) is 36.4 Å². The zero-order valence-electron chi connectivity index (χ0n) is 15.7. The highest BCUT2D eigenvalue weighted by atomic mass is 16.2. The van der Waals surface area contributed by atoms with E-state index in [1.165, 1.54) is 23.1 Å². The normalized spacial score (nSPS) is 24.7. The number of fused-ring (bicyclic) bond motifs is 2. The van der Waals surface area contributed by atoms with Crippen LogP contribution in [0.15, 0.2) is 48.5 Å². The number of amides is 1. The van der Waals surface area contributed by atoms with Gasteiger partial charge in [-0.25, -0.2) is 0 Å². The zero-order valence-corrected chi connectivity index (χ0v) is 15.7. The molecule has 2 fully saturated rings. The second-order valence-electron chi connectivity index (χ2n) is 8.25. The Bertz CT molecular complexity index is 820. The molecule has 2 aromatic rings. The van der Waals surface area contributed by atoms with Crippen LogP contribution in [0.5, 0.6) is 0 Å². The molecule has 0 saturated carbocycles. The predicted octanol–water partition coefficient (Wildman–Crippen LogP) is 2.68. The van der Waals surface area contributed by atoms with E-state index < -0.39 is 0 Å². The Balaban J connectivity index is 1.21. The Hall–Kier alpha value is -2.17. The van der Waals surface area contributed by atoms with Gasteiger partial charge in [0, 0.05) is 44.3 Å². The topological polar surface area (TPSA) is 35.6 Å². The summed E-state index contributed by atoms with van der Waals surface area (Å²) in [7, 11) is 0. The van der Waals surface area contributed by atoms with Crippen molar-refractivity contribution in [3.8, 4) is 0 Å². The molecule has 27 heavy (non-hydrogen) atoms. The fourth-order valence-corrected chi connectivity index (χ4v) is 4.90. The maximum atomic E-state index is 12.8. The molecule has 140 valence electrons. The summed E-state index contributed by atoms with van der Waals surface area (Å²) in [4.78, 5) is 17.3. The van der Waals surface area contributed by atoms with Crippen LogP contribution in [0.2, 0.25) is 0 Å². The summed E-state index contributed by atoms with van der Waals surface area (Å²) in [6.45, 7) is 5.93. The van der Waals surface area contributed by atoms with Crippen molar-refractivity contribution in [3.63, 3.8) is 0 Å². The SMILES string of the molecule is O=C(c1ccc(CN2CCc3ccccc3C2)cc1)N1C[C@H]2CCN[C@H]2C1. The lowest BCUT2D eigenvalue weighted by Crippen LogP contribution is -2.34. The molecule has 1 amide bonds. The lowest BCUT2D eigenvalue weighted by molar-refractivity contribution is 0.0782. The molecule has 0 aromatic heterocycles. The minimum absolute atomic E-state index is 0.185. The summed E-state index contributed by atoms with van der Waals surface area (Å²) >= 11 is 0. The molecule has 4 nitrogen and oxygen atoms in total. The predicted molar refractivity (Wildman–Crippen MR) is 107 cm³/mol. The van der Waals surface area contributed by atoms with Crippen LogP contribution in [0, 0.1) is 5.92 Å². The highest BCUT2D eigenvalue weighted by molar-refractivity contribution is 5.94. The number of likely N-dealkylation sites (tertiary alicyclic amines) is 1. The summed E-state index contributed by atoms with van der Waals surface area (Å²) in [6, 6.07) is 17.5. The number of hydrogen-bond donors (Lipinski definition) is 1. The second-order valence-corrected chi connectivity index (χ2v) is 8.25. The van der Waals surface area contributed by atoms with Crippen molar-refractivity contribution in [1.82, 2.24) is 15.1 Å². The number of nitrogens with one attached hydrogen (secondary N) is 1. The van der Waals surface area contributed by atoms with Gasteiger partial charge in [0.15, 0.2) is 0 Å². The first kappa shape index (κ1) is 17.0. The van der Waals surface area contributed by atoms with E-state index in [0.717, 1.165) is 51.3 Å². The van der Waals surface area contributed by atoms with Crippen LogP contribution in [0.1, 0.15) is 33.5 Å². The second kappa shape index (κ2) is 7.10. The molecular weight excluding hydrogens is 334 g/mol. The van der Waals surface area contributed by atoms with Crippen molar-refractivity contribution >= 4 is 5.91 Å². The van der Waals surface area contributed by atoms with E-state index in [9.17, 15) is 4.79 Å². The fourth-order valence-electron chi connectivity index (χ4n) is 4.90. The molecule has 3 aliphatic rings. The first-order valence-electron chi connectivity index (χ1n) is 10.2. The number of rotatable bonds is 3. The van der Waals surface area contributed by atoms with Gasteiger partial charge in [0.05, 0.1) is 0 Å². The zero-order chi connectivity index (χ0) is 18.2. The molecule has 0 bridgehead atoms. The number of carbonyl (C=O) groups excluding carboxylic acids is 1. The van der Waals surface area contributed by atoms with Crippen molar-refractivity contribution in [2.75, 3.05) is 26.2 Å². The van der Waals surface area contributed by atoms with Crippen LogP contribution in [0.3, 0.4) is 0 Å². The summed E-state index contributed by atoms with van der Waals surface area (Å²) in [5, 5.41) is 3.52. The highest BCUT2D eigenvalue weighted by Crippen LogP contribution is 2.26. The molecule has 2 atom stereocenters. The molecule has 1 N–H and O–H groups in total. The molecule has 2 aromatic carbocycles. The van der Waals surface area contributed by atoms with Crippen LogP contribution in [-0.4, -0.2) is 47.9 Å². The first-order valence-corrected chi connectivity index (χ1v) is 10.2. The Labute approximate surface area is 161 Å². The van der Waals surface area contributed by atoms with Crippen LogP contribution < -0.4 is 5.32 Å². The third-order valence-electron chi connectivity index (χ3n) is 6.47. The number of benzene rings is 2. The van der Waals surface area contributed by atoms with Gasteiger partial charge in [-0.3, -0.25) is 9.69 Å². The van der Waals surface area contributed by atoms with Gasteiger partial charge in [-0.05, 0) is 54.1 Å². The Morgan fingerprint density at radius 3 is 2.67 bits per heavy atom. The third-order valence-corrected chi connectivity index (χ3v) is 6.47. The third kappa shape index (κ3) is 3.40. The maximum Gasteiger partial charge on any atom is 0.253 e. The van der Waals surface area contributed by atoms with E-state index in [4.69, 9.17) is 0 Å². The molecule has 2 saturated heterocycles. The van der Waals surface area contributed by atoms with Crippen LogP contribution in [0.25, 0.3) is 0 Å². The summed E-state index contributed by atoms with van der Waals surface area (Å²) in [5.74, 6) is 0.833. The molecule has 5 rings (SSSR count). The van der Waals surface area contributed by atoms with Gasteiger partial charge in [0.1, 0.15) is 0 Å². The van der Waals surface area contributed by atoms with Gasteiger partial charge in [0.2, 0.25) is 0 Å². The molecular formula is C23H27N3O. The standard InChI is InChI=1S/C23H27N3O/c27-23(26-15-21-9-11-24-22(21)16-26)19-7-5-17(6-8-19)13-25-12-10-18-3-1-2-4-20(18)14-25/h1-8,21-22,24H,9-16H2/t21-,22+/m1/s1. The maximum absolute atomic E-state index is 12.8. The quantitative estimate of drug-likeness (QED) is 0.913. The average molecular weight is 361 g/mol. The lowest BCUT2D eigenvalue weighted by atomic mass is 9.99. The van der Waals surface area contributed by atoms with E-state index in [-0.39, 0.29) is 5.91 Å². The monoisotopic (exact) mass is 361 g/mol. The minimum atomic E-state index is 0.185. The number of carbonyl (C=O) groups is 1. The number of hydrogen-bond acceptors (Lipinski definition) is 3. The largest absolute Gasteiger partial charge is 0.337 e. The summed E-state index contributed by atoms with van der Waals surface area (Å²) in [6.07, 6.45) is 2.32. The van der Waals surface area contributed by atoms with Crippen LogP contribution in [-0.2, 0) is 19.5 Å². The van der Waals surface area contributed by atoms with Crippen molar-refractivity contribution < 1.29 is 4.79 Å². The van der Waals surface area contributed by atoms with E-state index in [1.807, 2.05) is 17.0 Å². The molecule has 0 radical (unpaired) electrons. The molecule has 3 aliphatic heterocycles. The molecule has 0 aliphatic carbocycles. The minimum Gasteiger partial charge on any atom is -0.337 e. The Morgan fingerprint density at radius 1 is 1.04 bits per heavy atom.